The number of hydrogen-bond acceptors (Lipinski definition) is 2. The summed E-state index contributed by atoms with van der Waals surface area (Å²) < 4.78 is 5.17. The second-order valence-corrected chi connectivity index (χ2v) is 5.41. The molecule has 0 aromatic heterocycles. The van der Waals surface area contributed by atoms with Crippen molar-refractivity contribution in [1.29, 1.82) is 0 Å². The maximum absolute atomic E-state index is 5.17. The van der Waals surface area contributed by atoms with E-state index in [4.69, 9.17) is 4.74 Å². The van der Waals surface area contributed by atoms with Crippen LogP contribution in [0.4, 0.5) is 0 Å². The van der Waals surface area contributed by atoms with E-state index < -0.39 is 0 Å². The highest BCUT2D eigenvalue weighted by Crippen LogP contribution is 2.48. The highest BCUT2D eigenvalue weighted by atomic mass is 16.5. The van der Waals surface area contributed by atoms with Gasteiger partial charge < -0.3 is 10.1 Å². The number of ether oxygens (including phenoxy) is 1. The Kier molecular flexibility index (Phi) is 5.50. The van der Waals surface area contributed by atoms with Crippen molar-refractivity contribution >= 4 is 0 Å². The van der Waals surface area contributed by atoms with Crippen molar-refractivity contribution in [2.24, 2.45) is 11.3 Å². The molecule has 1 aliphatic rings. The summed E-state index contributed by atoms with van der Waals surface area (Å²) in [6.45, 7) is 10.4. The molecule has 0 heterocycles. The summed E-state index contributed by atoms with van der Waals surface area (Å²) in [7, 11) is 1.79. The van der Waals surface area contributed by atoms with E-state index in [1.807, 2.05) is 6.08 Å². The lowest BCUT2D eigenvalue weighted by molar-refractivity contribution is 0.169. The van der Waals surface area contributed by atoms with Crippen molar-refractivity contribution in [3.63, 3.8) is 0 Å². The molecule has 2 unspecified atom stereocenters. The maximum Gasteiger partial charge on any atom is 0.0468 e. The fraction of sp³-hybridized carbons (Fsp3) is 0.857. The van der Waals surface area contributed by atoms with Crippen molar-refractivity contribution in [2.45, 2.75) is 45.6 Å². The summed E-state index contributed by atoms with van der Waals surface area (Å²) in [5.74, 6) is 0.677. The Bertz CT molecular complexity index is 211. The van der Waals surface area contributed by atoms with Gasteiger partial charge in [0, 0.05) is 26.3 Å². The molecule has 0 aliphatic heterocycles. The Hall–Kier alpha value is -0.340. The van der Waals surface area contributed by atoms with Crippen LogP contribution in [0.15, 0.2) is 12.7 Å². The Morgan fingerprint density at radius 3 is 2.62 bits per heavy atom. The van der Waals surface area contributed by atoms with Crippen LogP contribution in [0.5, 0.6) is 0 Å². The van der Waals surface area contributed by atoms with Crippen molar-refractivity contribution in [3.05, 3.63) is 12.7 Å². The van der Waals surface area contributed by atoms with Gasteiger partial charge in [0.05, 0.1) is 0 Å². The second kappa shape index (κ2) is 6.41. The third-order valence-corrected chi connectivity index (χ3v) is 3.98. The molecule has 2 atom stereocenters. The SMILES string of the molecule is C=CCC(C)C(C)NCC1(CCOC)CC1. The molecule has 16 heavy (non-hydrogen) atoms. The first-order valence-corrected chi connectivity index (χ1v) is 6.47. The third kappa shape index (κ3) is 4.26. The highest BCUT2D eigenvalue weighted by molar-refractivity contribution is 4.95. The molecule has 2 nitrogen and oxygen atoms in total. The van der Waals surface area contributed by atoms with Crippen molar-refractivity contribution < 1.29 is 4.74 Å². The first-order valence-electron chi connectivity index (χ1n) is 6.47. The second-order valence-electron chi connectivity index (χ2n) is 5.41. The maximum atomic E-state index is 5.17. The Morgan fingerprint density at radius 2 is 2.12 bits per heavy atom. The smallest absolute Gasteiger partial charge is 0.0468 e. The van der Waals surface area contributed by atoms with Gasteiger partial charge in [-0.2, -0.15) is 0 Å². The Labute approximate surface area is 100 Å². The number of allylic oxidation sites excluding steroid dienone is 1. The molecule has 0 aromatic rings. The topological polar surface area (TPSA) is 21.3 Å². The Balaban J connectivity index is 2.20. The molecule has 1 N–H and O–H groups in total. The van der Waals surface area contributed by atoms with E-state index in [0.717, 1.165) is 19.6 Å². The number of methoxy groups -OCH3 is 1. The largest absolute Gasteiger partial charge is 0.385 e. The van der Waals surface area contributed by atoms with Gasteiger partial charge in [-0.1, -0.05) is 13.0 Å². The predicted molar refractivity (Wildman–Crippen MR) is 69.6 cm³/mol. The van der Waals surface area contributed by atoms with Gasteiger partial charge >= 0.3 is 0 Å². The molecule has 1 aliphatic carbocycles. The minimum absolute atomic E-state index is 0.554. The zero-order valence-corrected chi connectivity index (χ0v) is 11.1. The van der Waals surface area contributed by atoms with Crippen LogP contribution >= 0.6 is 0 Å². The molecule has 1 saturated carbocycles. The normalized spacial score (nSPS) is 21.4. The lowest BCUT2D eigenvalue weighted by Gasteiger charge is -2.23. The number of hydrogen-bond donors (Lipinski definition) is 1. The molecule has 0 radical (unpaired) electrons. The van der Waals surface area contributed by atoms with Gasteiger partial charge in [-0.3, -0.25) is 0 Å². The van der Waals surface area contributed by atoms with E-state index in [9.17, 15) is 0 Å². The average Bonchev–Trinajstić information content (AvgIpc) is 3.04. The molecule has 1 fully saturated rings. The molecule has 94 valence electrons. The quantitative estimate of drug-likeness (QED) is 0.609. The molecule has 0 aromatic carbocycles. The summed E-state index contributed by atoms with van der Waals surface area (Å²) in [4.78, 5) is 0. The van der Waals surface area contributed by atoms with Gasteiger partial charge in [0.1, 0.15) is 0 Å². The van der Waals surface area contributed by atoms with Crippen molar-refractivity contribution in [1.82, 2.24) is 5.32 Å². The third-order valence-electron chi connectivity index (χ3n) is 3.98. The summed E-state index contributed by atoms with van der Waals surface area (Å²) in [6, 6.07) is 0.581. The highest BCUT2D eigenvalue weighted by Gasteiger charge is 2.41. The standard InChI is InChI=1S/C14H27NO/c1-5-6-12(2)13(3)15-11-14(7-8-14)9-10-16-4/h5,12-13,15H,1,6-11H2,2-4H3. The summed E-state index contributed by atoms with van der Waals surface area (Å²) >= 11 is 0. The first-order chi connectivity index (χ1) is 7.63. The van der Waals surface area contributed by atoms with Crippen LogP contribution in [-0.2, 0) is 4.74 Å². The van der Waals surface area contributed by atoms with Crippen LogP contribution in [0.25, 0.3) is 0 Å². The van der Waals surface area contributed by atoms with E-state index in [1.165, 1.54) is 19.3 Å². The van der Waals surface area contributed by atoms with E-state index in [0.29, 0.717) is 17.4 Å². The van der Waals surface area contributed by atoms with Gasteiger partial charge in [0.2, 0.25) is 0 Å². The fourth-order valence-electron chi connectivity index (χ4n) is 2.06. The van der Waals surface area contributed by atoms with Crippen LogP contribution in [-0.4, -0.2) is 26.3 Å². The molecule has 0 amide bonds. The first kappa shape index (κ1) is 13.7. The molecule has 1 rings (SSSR count). The van der Waals surface area contributed by atoms with Gasteiger partial charge in [-0.25, -0.2) is 0 Å². The van der Waals surface area contributed by atoms with E-state index in [1.54, 1.807) is 7.11 Å². The summed E-state index contributed by atoms with van der Waals surface area (Å²) in [5, 5.41) is 3.68. The van der Waals surface area contributed by atoms with Crippen LogP contribution in [0, 0.1) is 11.3 Å². The monoisotopic (exact) mass is 225 g/mol. The van der Waals surface area contributed by atoms with Crippen molar-refractivity contribution in [3.8, 4) is 0 Å². The molecule has 2 heteroatoms. The zero-order chi connectivity index (χ0) is 12.0. The molecular weight excluding hydrogens is 198 g/mol. The summed E-state index contributed by atoms with van der Waals surface area (Å²) in [6.07, 6.45) is 7.05. The number of nitrogens with one attached hydrogen (secondary N) is 1. The predicted octanol–water partition coefficient (Wildman–Crippen LogP) is 2.99. The van der Waals surface area contributed by atoms with E-state index in [2.05, 4.69) is 25.7 Å². The molecular formula is C14H27NO. The van der Waals surface area contributed by atoms with Gasteiger partial charge in [-0.15, -0.1) is 6.58 Å². The van der Waals surface area contributed by atoms with Gasteiger partial charge in [-0.05, 0) is 43.9 Å². The van der Waals surface area contributed by atoms with Crippen LogP contribution in [0.1, 0.15) is 39.5 Å². The lowest BCUT2D eigenvalue weighted by atomic mass is 9.97. The van der Waals surface area contributed by atoms with Crippen molar-refractivity contribution in [2.75, 3.05) is 20.3 Å². The fourth-order valence-corrected chi connectivity index (χ4v) is 2.06. The lowest BCUT2D eigenvalue weighted by Crippen LogP contribution is -2.36. The zero-order valence-electron chi connectivity index (χ0n) is 11.1. The number of rotatable bonds is 9. The average molecular weight is 225 g/mol. The molecule has 0 bridgehead atoms. The minimum Gasteiger partial charge on any atom is -0.385 e. The van der Waals surface area contributed by atoms with Gasteiger partial charge in [0.15, 0.2) is 0 Å². The van der Waals surface area contributed by atoms with Crippen LogP contribution in [0.3, 0.4) is 0 Å². The van der Waals surface area contributed by atoms with Crippen LogP contribution < -0.4 is 5.32 Å². The minimum atomic E-state index is 0.554. The van der Waals surface area contributed by atoms with Gasteiger partial charge in [0.25, 0.3) is 0 Å². The Morgan fingerprint density at radius 1 is 1.44 bits per heavy atom. The molecule has 0 saturated heterocycles. The summed E-state index contributed by atoms with van der Waals surface area (Å²) in [5.41, 5.74) is 0.554. The van der Waals surface area contributed by atoms with Crippen LogP contribution in [0.2, 0.25) is 0 Å². The molecule has 0 spiro atoms. The van der Waals surface area contributed by atoms with E-state index in [-0.39, 0.29) is 0 Å². The van der Waals surface area contributed by atoms with E-state index >= 15 is 0 Å².